The number of aliphatic hydroxyl groups is 1. The third-order valence-electron chi connectivity index (χ3n) is 3.84. The lowest BCUT2D eigenvalue weighted by Crippen LogP contribution is -2.12. The summed E-state index contributed by atoms with van der Waals surface area (Å²) in [5.41, 5.74) is 3.22. The number of rotatable bonds is 7. The first kappa shape index (κ1) is 17.6. The Morgan fingerprint density at radius 1 is 1.04 bits per heavy atom. The highest BCUT2D eigenvalue weighted by Gasteiger charge is 2.08. The number of anilines is 1. The Bertz CT molecular complexity index is 849. The lowest BCUT2D eigenvalue weighted by molar-refractivity contribution is 0.102. The van der Waals surface area contributed by atoms with Crippen molar-refractivity contribution >= 4 is 11.6 Å². The summed E-state index contributed by atoms with van der Waals surface area (Å²) >= 11 is 0. The first-order chi connectivity index (χ1) is 12.7. The quantitative estimate of drug-likeness (QED) is 0.686. The van der Waals surface area contributed by atoms with Gasteiger partial charge in [0.2, 0.25) is 0 Å². The molecule has 2 aromatic carbocycles. The van der Waals surface area contributed by atoms with Crippen LogP contribution in [0.2, 0.25) is 0 Å². The minimum atomic E-state index is -0.202. The molecule has 0 unspecified atom stereocenters. The van der Waals surface area contributed by atoms with Crippen LogP contribution in [0.4, 0.5) is 5.69 Å². The lowest BCUT2D eigenvalue weighted by atomic mass is 10.1. The topological polar surface area (TPSA) is 71.5 Å². The molecule has 0 saturated carbocycles. The Kier molecular flexibility index (Phi) is 5.96. The number of aliphatic hydroxyl groups excluding tert-OH is 1. The highest BCUT2D eigenvalue weighted by atomic mass is 16.5. The Labute approximate surface area is 152 Å². The van der Waals surface area contributed by atoms with Gasteiger partial charge < -0.3 is 15.2 Å². The Hall–Kier alpha value is -3.18. The summed E-state index contributed by atoms with van der Waals surface area (Å²) in [6.07, 6.45) is 4.06. The van der Waals surface area contributed by atoms with Gasteiger partial charge in [0.1, 0.15) is 12.4 Å². The van der Waals surface area contributed by atoms with Crippen LogP contribution >= 0.6 is 0 Å². The van der Waals surface area contributed by atoms with Crippen molar-refractivity contribution in [3.8, 4) is 5.75 Å². The van der Waals surface area contributed by atoms with E-state index in [4.69, 9.17) is 9.84 Å². The highest BCUT2D eigenvalue weighted by molar-refractivity contribution is 6.04. The molecular weight excluding hydrogens is 328 g/mol. The molecule has 5 heteroatoms. The number of nitrogens with one attached hydrogen (secondary N) is 1. The van der Waals surface area contributed by atoms with Crippen LogP contribution < -0.4 is 10.1 Å². The van der Waals surface area contributed by atoms with Gasteiger partial charge in [-0.25, -0.2) is 0 Å². The molecule has 0 aliphatic rings. The van der Waals surface area contributed by atoms with E-state index in [2.05, 4.69) is 10.3 Å². The minimum Gasteiger partial charge on any atom is -0.489 e. The van der Waals surface area contributed by atoms with E-state index in [0.717, 1.165) is 11.1 Å². The van der Waals surface area contributed by atoms with Gasteiger partial charge in [0.15, 0.2) is 0 Å². The van der Waals surface area contributed by atoms with Crippen LogP contribution in [0.3, 0.4) is 0 Å². The molecule has 1 aromatic heterocycles. The number of hydrogen-bond acceptors (Lipinski definition) is 4. The van der Waals surface area contributed by atoms with Crippen molar-refractivity contribution in [1.82, 2.24) is 4.98 Å². The molecule has 0 spiro atoms. The molecule has 26 heavy (non-hydrogen) atoms. The average molecular weight is 348 g/mol. The summed E-state index contributed by atoms with van der Waals surface area (Å²) in [4.78, 5) is 16.5. The molecule has 1 amide bonds. The molecular formula is C21H20N2O3. The zero-order valence-electron chi connectivity index (χ0n) is 14.3. The van der Waals surface area contributed by atoms with Crippen LogP contribution in [0, 0.1) is 0 Å². The van der Waals surface area contributed by atoms with Gasteiger partial charge in [-0.05, 0) is 48.4 Å². The van der Waals surface area contributed by atoms with E-state index < -0.39 is 0 Å². The monoisotopic (exact) mass is 348 g/mol. The highest BCUT2D eigenvalue weighted by Crippen LogP contribution is 2.17. The summed E-state index contributed by atoms with van der Waals surface area (Å²) in [6, 6.07) is 18.3. The molecule has 0 atom stereocenters. The molecule has 132 valence electrons. The number of carbonyl (C=O) groups is 1. The predicted molar refractivity (Wildman–Crippen MR) is 100 cm³/mol. The molecule has 0 aliphatic carbocycles. The molecule has 0 bridgehead atoms. The molecule has 2 N–H and O–H groups in total. The van der Waals surface area contributed by atoms with Crippen LogP contribution in [0.1, 0.15) is 21.5 Å². The van der Waals surface area contributed by atoms with E-state index in [0.29, 0.717) is 30.0 Å². The molecule has 5 nitrogen and oxygen atoms in total. The normalized spacial score (nSPS) is 10.3. The zero-order chi connectivity index (χ0) is 18.2. The van der Waals surface area contributed by atoms with Crippen LogP contribution in [0.25, 0.3) is 0 Å². The van der Waals surface area contributed by atoms with Crippen molar-refractivity contribution in [2.45, 2.75) is 13.0 Å². The summed E-state index contributed by atoms with van der Waals surface area (Å²) in [7, 11) is 0. The van der Waals surface area contributed by atoms with Gasteiger partial charge in [-0.1, -0.05) is 24.3 Å². The second-order valence-electron chi connectivity index (χ2n) is 5.80. The number of aromatic nitrogens is 1. The molecule has 1 heterocycles. The molecule has 0 radical (unpaired) electrons. The van der Waals surface area contributed by atoms with Gasteiger partial charge in [0, 0.05) is 35.8 Å². The molecule has 0 aliphatic heterocycles. The fourth-order valence-electron chi connectivity index (χ4n) is 2.46. The molecule has 0 fully saturated rings. The average Bonchev–Trinajstić information content (AvgIpc) is 2.69. The van der Waals surface area contributed by atoms with Crippen LogP contribution in [0.5, 0.6) is 5.75 Å². The summed E-state index contributed by atoms with van der Waals surface area (Å²) in [5, 5.41) is 11.8. The minimum absolute atomic E-state index is 0.109. The maximum Gasteiger partial charge on any atom is 0.255 e. The Morgan fingerprint density at radius 2 is 1.88 bits per heavy atom. The number of nitrogens with zero attached hydrogens (tertiary/aromatic N) is 1. The van der Waals surface area contributed by atoms with Crippen LogP contribution in [-0.2, 0) is 13.0 Å². The summed E-state index contributed by atoms with van der Waals surface area (Å²) < 4.78 is 5.73. The fraction of sp³-hybridized carbons (Fsp3) is 0.143. The smallest absolute Gasteiger partial charge is 0.255 e. The van der Waals surface area contributed by atoms with Gasteiger partial charge in [0.25, 0.3) is 5.91 Å². The second-order valence-corrected chi connectivity index (χ2v) is 5.80. The summed E-state index contributed by atoms with van der Waals surface area (Å²) in [6.45, 7) is 0.503. The van der Waals surface area contributed by atoms with Crippen molar-refractivity contribution in [2.75, 3.05) is 11.9 Å². The first-order valence-electron chi connectivity index (χ1n) is 8.37. The molecule has 3 aromatic rings. The van der Waals surface area contributed by atoms with Crippen molar-refractivity contribution in [1.29, 1.82) is 0 Å². The SMILES string of the molecule is O=C(Nc1ccc(CCO)cc1)c1cccc(OCc2cccnc2)c1. The number of amides is 1. The van der Waals surface area contributed by atoms with Gasteiger partial charge >= 0.3 is 0 Å². The van der Waals surface area contributed by atoms with E-state index in [1.807, 2.05) is 42.5 Å². The number of pyridine rings is 1. The number of carbonyl (C=O) groups excluding carboxylic acids is 1. The number of ether oxygens (including phenoxy) is 1. The zero-order valence-corrected chi connectivity index (χ0v) is 14.3. The van der Waals surface area contributed by atoms with E-state index >= 15 is 0 Å². The molecule has 0 saturated heterocycles. The van der Waals surface area contributed by atoms with Gasteiger partial charge in [-0.2, -0.15) is 0 Å². The maximum atomic E-state index is 12.4. The standard InChI is InChI=1S/C21H20N2O3/c24-12-10-16-6-8-19(9-7-16)23-21(25)18-4-1-5-20(13-18)26-15-17-3-2-11-22-14-17/h1-9,11,13-14,24H,10,12,15H2,(H,23,25). The van der Waals surface area contributed by atoms with E-state index in [-0.39, 0.29) is 12.5 Å². The van der Waals surface area contributed by atoms with Crippen molar-refractivity contribution in [2.24, 2.45) is 0 Å². The van der Waals surface area contributed by atoms with Crippen LogP contribution in [0.15, 0.2) is 73.1 Å². The van der Waals surface area contributed by atoms with Gasteiger partial charge in [0.05, 0.1) is 0 Å². The Balaban J connectivity index is 1.62. The van der Waals surface area contributed by atoms with Crippen LogP contribution in [-0.4, -0.2) is 22.6 Å². The first-order valence-corrected chi connectivity index (χ1v) is 8.37. The second kappa shape index (κ2) is 8.78. The Morgan fingerprint density at radius 3 is 2.62 bits per heavy atom. The largest absolute Gasteiger partial charge is 0.489 e. The number of hydrogen-bond donors (Lipinski definition) is 2. The maximum absolute atomic E-state index is 12.4. The third kappa shape index (κ3) is 4.91. The van der Waals surface area contributed by atoms with Crippen molar-refractivity contribution in [3.05, 3.63) is 89.7 Å². The lowest BCUT2D eigenvalue weighted by Gasteiger charge is -2.09. The number of benzene rings is 2. The van der Waals surface area contributed by atoms with E-state index in [9.17, 15) is 4.79 Å². The van der Waals surface area contributed by atoms with E-state index in [1.165, 1.54) is 0 Å². The fourth-order valence-corrected chi connectivity index (χ4v) is 2.46. The van der Waals surface area contributed by atoms with Crippen molar-refractivity contribution in [3.63, 3.8) is 0 Å². The molecule has 3 rings (SSSR count). The third-order valence-corrected chi connectivity index (χ3v) is 3.84. The van der Waals surface area contributed by atoms with Crippen molar-refractivity contribution < 1.29 is 14.6 Å². The predicted octanol–water partition coefficient (Wildman–Crippen LogP) is 3.45. The van der Waals surface area contributed by atoms with Gasteiger partial charge in [-0.15, -0.1) is 0 Å². The van der Waals surface area contributed by atoms with Gasteiger partial charge in [-0.3, -0.25) is 9.78 Å². The summed E-state index contributed by atoms with van der Waals surface area (Å²) in [5.74, 6) is 0.423. The van der Waals surface area contributed by atoms with E-state index in [1.54, 1.807) is 30.6 Å².